The third-order valence-corrected chi connectivity index (χ3v) is 6.44. The molecule has 0 N–H and O–H groups in total. The molecule has 9 heteroatoms. The molecule has 9 nitrogen and oxygen atoms in total. The Labute approximate surface area is 215 Å². The van der Waals surface area contributed by atoms with Gasteiger partial charge in [0.05, 0.1) is 24.8 Å². The maximum absolute atomic E-state index is 13.3. The zero-order chi connectivity index (χ0) is 25.6. The van der Waals surface area contributed by atoms with Crippen LogP contribution in [0.15, 0.2) is 82.0 Å². The monoisotopic (exact) mass is 499 g/mol. The molecule has 2 amide bonds. The molecule has 5 rings (SSSR count). The molecular weight excluding hydrogens is 470 g/mol. The van der Waals surface area contributed by atoms with Crippen molar-refractivity contribution in [1.29, 1.82) is 0 Å². The number of hydrogen-bond donors (Lipinski definition) is 0. The summed E-state index contributed by atoms with van der Waals surface area (Å²) in [5.41, 5.74) is 3.06. The normalized spacial score (nSPS) is 13.9. The average molecular weight is 500 g/mol. The third-order valence-electron chi connectivity index (χ3n) is 6.44. The minimum absolute atomic E-state index is 0.0642. The van der Waals surface area contributed by atoms with Gasteiger partial charge in [0, 0.05) is 31.7 Å². The first kappa shape index (κ1) is 24.3. The van der Waals surface area contributed by atoms with E-state index in [-0.39, 0.29) is 30.7 Å². The zero-order valence-corrected chi connectivity index (χ0v) is 20.7. The van der Waals surface area contributed by atoms with Crippen LogP contribution in [0, 0.1) is 6.92 Å². The summed E-state index contributed by atoms with van der Waals surface area (Å²) in [7, 11) is 0. The average Bonchev–Trinajstić information content (AvgIpc) is 3.59. The van der Waals surface area contributed by atoms with Crippen molar-refractivity contribution < 1.29 is 18.4 Å². The van der Waals surface area contributed by atoms with Gasteiger partial charge in [0.2, 0.25) is 5.91 Å². The highest BCUT2D eigenvalue weighted by Gasteiger charge is 2.26. The highest BCUT2D eigenvalue weighted by molar-refractivity contribution is 5.94. The molecule has 1 aliphatic heterocycles. The van der Waals surface area contributed by atoms with E-state index in [0.717, 1.165) is 30.0 Å². The second-order valence-corrected chi connectivity index (χ2v) is 9.08. The largest absolute Gasteiger partial charge is 0.467 e. The fraction of sp³-hybridized carbons (Fsp3) is 0.286. The lowest BCUT2D eigenvalue weighted by Gasteiger charge is -2.26. The predicted octanol–water partition coefficient (Wildman–Crippen LogP) is 4.02. The van der Waals surface area contributed by atoms with Crippen LogP contribution < -0.4 is 4.90 Å². The lowest BCUT2D eigenvalue weighted by molar-refractivity contribution is -0.131. The first-order valence-corrected chi connectivity index (χ1v) is 12.4. The lowest BCUT2D eigenvalue weighted by Crippen LogP contribution is -2.44. The fourth-order valence-corrected chi connectivity index (χ4v) is 4.38. The molecule has 1 aromatic carbocycles. The molecule has 0 spiro atoms. The first-order chi connectivity index (χ1) is 18.1. The van der Waals surface area contributed by atoms with Crippen LogP contribution in [0.5, 0.6) is 0 Å². The lowest BCUT2D eigenvalue weighted by atomic mass is 10.1. The van der Waals surface area contributed by atoms with E-state index in [4.69, 9.17) is 8.83 Å². The fourth-order valence-electron chi connectivity index (χ4n) is 4.38. The van der Waals surface area contributed by atoms with Gasteiger partial charge in [-0.1, -0.05) is 29.8 Å². The molecule has 1 aliphatic rings. The summed E-state index contributed by atoms with van der Waals surface area (Å²) in [6, 6.07) is 18.9. The van der Waals surface area contributed by atoms with Gasteiger partial charge < -0.3 is 23.5 Å². The molecule has 0 bridgehead atoms. The maximum atomic E-state index is 13.3. The number of benzene rings is 1. The summed E-state index contributed by atoms with van der Waals surface area (Å²) in [6.45, 7) is 4.71. The van der Waals surface area contributed by atoms with Crippen LogP contribution in [-0.4, -0.2) is 64.5 Å². The van der Waals surface area contributed by atoms with Crippen molar-refractivity contribution in [2.75, 3.05) is 37.6 Å². The van der Waals surface area contributed by atoms with E-state index >= 15 is 0 Å². The Morgan fingerprint density at radius 1 is 0.892 bits per heavy atom. The second kappa shape index (κ2) is 11.1. The molecule has 0 saturated carbocycles. The van der Waals surface area contributed by atoms with Crippen LogP contribution in [0.25, 0.3) is 11.3 Å². The van der Waals surface area contributed by atoms with E-state index in [0.29, 0.717) is 25.4 Å². The van der Waals surface area contributed by atoms with E-state index in [1.54, 1.807) is 35.4 Å². The minimum Gasteiger partial charge on any atom is -0.467 e. The van der Waals surface area contributed by atoms with Crippen molar-refractivity contribution in [2.45, 2.75) is 19.9 Å². The number of anilines is 1. The first-order valence-electron chi connectivity index (χ1n) is 12.4. The Hall–Kier alpha value is -4.40. The molecule has 4 heterocycles. The zero-order valence-electron chi connectivity index (χ0n) is 20.7. The van der Waals surface area contributed by atoms with Crippen LogP contribution in [0.4, 0.5) is 5.82 Å². The van der Waals surface area contributed by atoms with Gasteiger partial charge in [-0.25, -0.2) is 0 Å². The van der Waals surface area contributed by atoms with Gasteiger partial charge in [-0.05, 0) is 49.7 Å². The molecule has 1 fully saturated rings. The highest BCUT2D eigenvalue weighted by Crippen LogP contribution is 2.20. The molecule has 190 valence electrons. The van der Waals surface area contributed by atoms with Crippen molar-refractivity contribution in [3.63, 3.8) is 0 Å². The Kier molecular flexibility index (Phi) is 7.30. The second-order valence-electron chi connectivity index (χ2n) is 9.08. The molecule has 37 heavy (non-hydrogen) atoms. The number of carbonyl (C=O) groups excluding carboxylic acids is 2. The quantitative estimate of drug-likeness (QED) is 0.379. The van der Waals surface area contributed by atoms with Crippen molar-refractivity contribution in [1.82, 2.24) is 20.0 Å². The molecule has 0 atom stereocenters. The van der Waals surface area contributed by atoms with Gasteiger partial charge >= 0.3 is 0 Å². The number of nitrogens with zero attached hydrogens (tertiary/aromatic N) is 5. The van der Waals surface area contributed by atoms with Gasteiger partial charge in [-0.3, -0.25) is 9.59 Å². The SMILES string of the molecule is Cc1ccc(-c2ccc(N3CCCN(C(=O)CN(Cc4ccco4)C(=O)c4ccco4)CC3)nn2)cc1. The summed E-state index contributed by atoms with van der Waals surface area (Å²) < 4.78 is 10.7. The van der Waals surface area contributed by atoms with Crippen LogP contribution in [-0.2, 0) is 11.3 Å². The van der Waals surface area contributed by atoms with Crippen LogP contribution in [0.2, 0.25) is 0 Å². The Bertz CT molecular complexity index is 1300. The standard InChI is InChI=1S/C28H29N5O4/c1-21-7-9-22(10-8-21)24-11-12-26(30-29-24)31-13-4-14-32(16-15-31)27(34)20-33(19-23-5-2-17-36-23)28(35)25-6-3-18-37-25/h2-3,5-12,17-18H,4,13-16,19-20H2,1H3. The van der Waals surface area contributed by atoms with E-state index in [2.05, 4.69) is 34.2 Å². The molecule has 0 aliphatic carbocycles. The molecular formula is C28H29N5O4. The molecule has 3 aromatic heterocycles. The Balaban J connectivity index is 1.22. The van der Waals surface area contributed by atoms with Crippen molar-refractivity contribution >= 4 is 17.6 Å². The van der Waals surface area contributed by atoms with E-state index in [9.17, 15) is 9.59 Å². The van der Waals surface area contributed by atoms with Crippen molar-refractivity contribution in [2.24, 2.45) is 0 Å². The molecule has 4 aromatic rings. The van der Waals surface area contributed by atoms with Gasteiger partial charge in [0.1, 0.15) is 12.3 Å². The van der Waals surface area contributed by atoms with Crippen molar-refractivity contribution in [3.05, 3.63) is 90.3 Å². The van der Waals surface area contributed by atoms with Crippen LogP contribution in [0.1, 0.15) is 28.3 Å². The molecule has 1 saturated heterocycles. The van der Waals surface area contributed by atoms with Gasteiger partial charge in [-0.2, -0.15) is 0 Å². The van der Waals surface area contributed by atoms with E-state index < -0.39 is 0 Å². The van der Waals surface area contributed by atoms with E-state index in [1.807, 2.05) is 24.3 Å². The van der Waals surface area contributed by atoms with Gasteiger partial charge in [-0.15, -0.1) is 10.2 Å². The summed E-state index contributed by atoms with van der Waals surface area (Å²) >= 11 is 0. The maximum Gasteiger partial charge on any atom is 0.290 e. The Morgan fingerprint density at radius 2 is 1.70 bits per heavy atom. The number of aromatic nitrogens is 2. The third kappa shape index (κ3) is 5.88. The van der Waals surface area contributed by atoms with Crippen LogP contribution >= 0.6 is 0 Å². The highest BCUT2D eigenvalue weighted by atomic mass is 16.3. The number of carbonyl (C=O) groups is 2. The summed E-state index contributed by atoms with van der Waals surface area (Å²) in [5, 5.41) is 8.88. The minimum atomic E-state index is -0.352. The number of aryl methyl sites for hydroxylation is 1. The van der Waals surface area contributed by atoms with Gasteiger partial charge in [0.15, 0.2) is 11.6 Å². The number of amides is 2. The van der Waals surface area contributed by atoms with Crippen molar-refractivity contribution in [3.8, 4) is 11.3 Å². The predicted molar refractivity (Wildman–Crippen MR) is 138 cm³/mol. The Morgan fingerprint density at radius 3 is 2.41 bits per heavy atom. The summed E-state index contributed by atoms with van der Waals surface area (Å²) in [4.78, 5) is 31.7. The number of hydrogen-bond acceptors (Lipinski definition) is 7. The van der Waals surface area contributed by atoms with Gasteiger partial charge in [0.25, 0.3) is 5.91 Å². The van der Waals surface area contributed by atoms with Crippen LogP contribution in [0.3, 0.4) is 0 Å². The smallest absolute Gasteiger partial charge is 0.290 e. The molecule has 0 unspecified atom stereocenters. The topological polar surface area (TPSA) is 95.9 Å². The molecule has 0 radical (unpaired) electrons. The summed E-state index contributed by atoms with van der Waals surface area (Å²) in [6.07, 6.45) is 3.78. The van der Waals surface area contributed by atoms with E-state index in [1.165, 1.54) is 16.7 Å². The number of rotatable bonds is 7. The number of furan rings is 2. The summed E-state index contributed by atoms with van der Waals surface area (Å²) in [5.74, 6) is 1.11.